The minimum absolute atomic E-state index is 0.135. The summed E-state index contributed by atoms with van der Waals surface area (Å²) in [6.45, 7) is 7.24. The Bertz CT molecular complexity index is 1080. The Balaban J connectivity index is 1.22. The first-order valence-electron chi connectivity index (χ1n) is 10.1. The van der Waals surface area contributed by atoms with Gasteiger partial charge in [-0.15, -0.1) is 21.5 Å². The SMILES string of the molecule is CC(c1nnc(-c2cccs2)o1)N1CCN(Cc2cccc3ccccc23)CC1. The molecule has 0 N–H and O–H groups in total. The maximum absolute atomic E-state index is 5.95. The summed E-state index contributed by atoms with van der Waals surface area (Å²) < 4.78 is 5.95. The summed E-state index contributed by atoms with van der Waals surface area (Å²) in [5.41, 5.74) is 1.40. The highest BCUT2D eigenvalue weighted by molar-refractivity contribution is 7.13. The molecule has 1 atom stereocenters. The van der Waals surface area contributed by atoms with Crippen molar-refractivity contribution in [2.75, 3.05) is 26.2 Å². The van der Waals surface area contributed by atoms with Crippen LogP contribution in [0.1, 0.15) is 24.4 Å². The van der Waals surface area contributed by atoms with Crippen LogP contribution in [0, 0.1) is 0 Å². The normalized spacial score (nSPS) is 17.0. The van der Waals surface area contributed by atoms with E-state index in [1.165, 1.54) is 16.3 Å². The molecular weight excluding hydrogens is 380 g/mol. The summed E-state index contributed by atoms with van der Waals surface area (Å²) in [7, 11) is 0. The van der Waals surface area contributed by atoms with Gasteiger partial charge in [0.2, 0.25) is 5.89 Å². The number of benzene rings is 2. The van der Waals surface area contributed by atoms with Crippen LogP contribution >= 0.6 is 11.3 Å². The summed E-state index contributed by atoms with van der Waals surface area (Å²) in [5, 5.41) is 13.2. The van der Waals surface area contributed by atoms with Crippen LogP contribution in [-0.4, -0.2) is 46.2 Å². The third-order valence-electron chi connectivity index (χ3n) is 5.76. The van der Waals surface area contributed by atoms with Crippen LogP contribution in [0.25, 0.3) is 21.5 Å². The van der Waals surface area contributed by atoms with Crippen LogP contribution in [0.4, 0.5) is 0 Å². The Hall–Kier alpha value is -2.54. The fraction of sp³-hybridized carbons (Fsp3) is 0.304. The van der Waals surface area contributed by atoms with E-state index in [4.69, 9.17) is 4.42 Å². The van der Waals surface area contributed by atoms with Gasteiger partial charge in [0.15, 0.2) is 0 Å². The molecule has 148 valence electrons. The van der Waals surface area contributed by atoms with Crippen molar-refractivity contribution in [1.82, 2.24) is 20.0 Å². The van der Waals surface area contributed by atoms with E-state index < -0.39 is 0 Å². The molecule has 0 aliphatic carbocycles. The third-order valence-corrected chi connectivity index (χ3v) is 6.62. The van der Waals surface area contributed by atoms with Crippen LogP contribution in [-0.2, 0) is 6.54 Å². The monoisotopic (exact) mass is 404 g/mol. The van der Waals surface area contributed by atoms with Gasteiger partial charge in [0.25, 0.3) is 5.89 Å². The van der Waals surface area contributed by atoms with Crippen molar-refractivity contribution in [3.8, 4) is 10.8 Å². The smallest absolute Gasteiger partial charge is 0.257 e. The Morgan fingerprint density at radius 2 is 1.79 bits per heavy atom. The van der Waals surface area contributed by atoms with Crippen molar-refractivity contribution in [3.63, 3.8) is 0 Å². The predicted octanol–water partition coefficient (Wildman–Crippen LogP) is 4.83. The van der Waals surface area contributed by atoms with Crippen molar-refractivity contribution in [2.45, 2.75) is 19.5 Å². The molecule has 2 aromatic carbocycles. The van der Waals surface area contributed by atoms with Crippen LogP contribution in [0.5, 0.6) is 0 Å². The molecule has 0 spiro atoms. The number of aromatic nitrogens is 2. The lowest BCUT2D eigenvalue weighted by Crippen LogP contribution is -2.46. The van der Waals surface area contributed by atoms with Gasteiger partial charge in [-0.1, -0.05) is 48.5 Å². The molecule has 1 unspecified atom stereocenters. The molecule has 1 saturated heterocycles. The molecule has 0 bridgehead atoms. The third kappa shape index (κ3) is 3.83. The van der Waals surface area contributed by atoms with Gasteiger partial charge in [-0.05, 0) is 34.7 Å². The lowest BCUT2D eigenvalue weighted by Gasteiger charge is -2.37. The van der Waals surface area contributed by atoms with Gasteiger partial charge in [0.05, 0.1) is 10.9 Å². The summed E-state index contributed by atoms with van der Waals surface area (Å²) in [4.78, 5) is 6.00. The van der Waals surface area contributed by atoms with E-state index in [0.717, 1.165) is 37.6 Å². The average molecular weight is 405 g/mol. The molecule has 1 fully saturated rings. The van der Waals surface area contributed by atoms with E-state index in [1.807, 2.05) is 17.5 Å². The van der Waals surface area contributed by atoms with Gasteiger partial charge in [-0.3, -0.25) is 9.80 Å². The number of thiophene rings is 1. The molecular formula is C23H24N4OS. The Labute approximate surface area is 174 Å². The van der Waals surface area contributed by atoms with Gasteiger partial charge in [-0.25, -0.2) is 0 Å². The maximum atomic E-state index is 5.95. The van der Waals surface area contributed by atoms with E-state index >= 15 is 0 Å². The highest BCUT2D eigenvalue weighted by Crippen LogP contribution is 2.28. The van der Waals surface area contributed by atoms with E-state index in [1.54, 1.807) is 11.3 Å². The van der Waals surface area contributed by atoms with Crippen molar-refractivity contribution in [2.24, 2.45) is 0 Å². The molecule has 3 heterocycles. The van der Waals surface area contributed by atoms with E-state index in [9.17, 15) is 0 Å². The second kappa shape index (κ2) is 8.06. The molecule has 0 radical (unpaired) electrons. The standard InChI is InChI=1S/C23H24N4OS/c1-17(22-24-25-23(28-22)21-10-5-15-29-21)27-13-11-26(12-14-27)16-19-8-4-7-18-6-2-3-9-20(18)19/h2-10,15,17H,11-14,16H2,1H3. The van der Waals surface area contributed by atoms with Gasteiger partial charge in [0, 0.05) is 32.7 Å². The first kappa shape index (κ1) is 18.5. The highest BCUT2D eigenvalue weighted by atomic mass is 32.1. The van der Waals surface area contributed by atoms with Crippen LogP contribution in [0.3, 0.4) is 0 Å². The molecule has 29 heavy (non-hydrogen) atoms. The minimum atomic E-state index is 0.135. The number of rotatable bonds is 5. The average Bonchev–Trinajstić information content (AvgIpc) is 3.46. The molecule has 4 aromatic rings. The molecule has 5 nitrogen and oxygen atoms in total. The van der Waals surface area contributed by atoms with Crippen molar-refractivity contribution >= 4 is 22.1 Å². The quantitative estimate of drug-likeness (QED) is 0.477. The summed E-state index contributed by atoms with van der Waals surface area (Å²) in [6, 6.07) is 19.4. The molecule has 5 rings (SSSR count). The lowest BCUT2D eigenvalue weighted by atomic mass is 10.0. The van der Waals surface area contributed by atoms with Gasteiger partial charge in [0.1, 0.15) is 0 Å². The highest BCUT2D eigenvalue weighted by Gasteiger charge is 2.26. The van der Waals surface area contributed by atoms with Crippen molar-refractivity contribution in [3.05, 3.63) is 71.4 Å². The summed E-state index contributed by atoms with van der Waals surface area (Å²) in [6.07, 6.45) is 0. The second-order valence-electron chi connectivity index (χ2n) is 7.55. The van der Waals surface area contributed by atoms with E-state index in [2.05, 4.69) is 69.4 Å². The fourth-order valence-corrected chi connectivity index (χ4v) is 4.68. The minimum Gasteiger partial charge on any atom is -0.418 e. The van der Waals surface area contributed by atoms with Crippen LogP contribution in [0.2, 0.25) is 0 Å². The molecule has 1 aliphatic heterocycles. The zero-order valence-electron chi connectivity index (χ0n) is 16.5. The Morgan fingerprint density at radius 3 is 2.62 bits per heavy atom. The maximum Gasteiger partial charge on any atom is 0.257 e. The predicted molar refractivity (Wildman–Crippen MR) is 117 cm³/mol. The van der Waals surface area contributed by atoms with Gasteiger partial charge >= 0.3 is 0 Å². The number of piperazine rings is 1. The zero-order valence-corrected chi connectivity index (χ0v) is 17.3. The number of nitrogens with zero attached hydrogens (tertiary/aromatic N) is 4. The summed E-state index contributed by atoms with van der Waals surface area (Å²) in [5.74, 6) is 1.33. The molecule has 2 aromatic heterocycles. The van der Waals surface area contributed by atoms with E-state index in [-0.39, 0.29) is 6.04 Å². The van der Waals surface area contributed by atoms with Gasteiger partial charge < -0.3 is 4.42 Å². The largest absolute Gasteiger partial charge is 0.418 e. The van der Waals surface area contributed by atoms with Crippen molar-refractivity contribution in [1.29, 1.82) is 0 Å². The molecule has 6 heteroatoms. The molecule has 1 aliphatic rings. The second-order valence-corrected chi connectivity index (χ2v) is 8.50. The first-order valence-corrected chi connectivity index (χ1v) is 11.0. The Kier molecular flexibility index (Phi) is 5.14. The van der Waals surface area contributed by atoms with E-state index in [0.29, 0.717) is 11.8 Å². The molecule has 0 amide bonds. The lowest BCUT2D eigenvalue weighted by molar-refractivity contribution is 0.0878. The number of fused-ring (bicyclic) bond motifs is 1. The summed E-state index contributed by atoms with van der Waals surface area (Å²) >= 11 is 1.62. The van der Waals surface area contributed by atoms with Crippen molar-refractivity contribution < 1.29 is 4.42 Å². The Morgan fingerprint density at radius 1 is 0.966 bits per heavy atom. The number of hydrogen-bond acceptors (Lipinski definition) is 6. The zero-order chi connectivity index (χ0) is 19.6. The van der Waals surface area contributed by atoms with Gasteiger partial charge in [-0.2, -0.15) is 0 Å². The fourth-order valence-electron chi connectivity index (χ4n) is 4.04. The molecule has 0 saturated carbocycles. The topological polar surface area (TPSA) is 45.4 Å². The number of hydrogen-bond donors (Lipinski definition) is 0. The first-order chi connectivity index (χ1) is 14.3. The van der Waals surface area contributed by atoms with Crippen LogP contribution in [0.15, 0.2) is 64.4 Å². The van der Waals surface area contributed by atoms with Crippen LogP contribution < -0.4 is 0 Å².